The molecule has 62 valence electrons. The minimum atomic E-state index is 0. The normalized spacial score (nSPS) is 6.00. The zero-order valence-electron chi connectivity index (χ0n) is 5.27. The third kappa shape index (κ3) is 27.1. The van der Waals surface area contributed by atoms with Crippen LogP contribution in [0.5, 0.6) is 0 Å². The van der Waals surface area contributed by atoms with Gasteiger partial charge in [-0.05, 0) is 6.54 Å². The van der Waals surface area contributed by atoms with Gasteiger partial charge in [0.05, 0.1) is 0 Å². The summed E-state index contributed by atoms with van der Waals surface area (Å²) in [7, 11) is 0. The molecule has 0 aliphatic heterocycles. The van der Waals surface area contributed by atoms with Crippen LogP contribution in [0.2, 0.25) is 0 Å². The van der Waals surface area contributed by atoms with Crippen molar-refractivity contribution < 1.29 is 45.9 Å². The van der Waals surface area contributed by atoms with E-state index in [1.54, 1.807) is 0 Å². The predicted molar refractivity (Wildman–Crippen MR) is 27.6 cm³/mol. The van der Waals surface area contributed by atoms with Gasteiger partial charge in [-0.25, -0.2) is 0 Å². The zero-order valence-corrected chi connectivity index (χ0v) is 9.05. The molecule has 0 atom stereocenters. The molecule has 5 heteroatoms. The van der Waals surface area contributed by atoms with Crippen molar-refractivity contribution in [3.63, 3.8) is 0 Å². The van der Waals surface area contributed by atoms with E-state index < -0.39 is 0 Å². The summed E-state index contributed by atoms with van der Waals surface area (Å²) in [5.74, 6) is 0. The van der Waals surface area contributed by atoms with Crippen molar-refractivity contribution in [3.05, 3.63) is 0 Å². The molecule has 0 bridgehead atoms. The van der Waals surface area contributed by atoms with Gasteiger partial charge in [-0.3, -0.25) is 0 Å². The molecule has 0 fully saturated rings. The first kappa shape index (κ1) is 22.5. The molecular formula is C4H12Cl2N2Pt. The topological polar surface area (TPSA) is 38.0 Å². The molecule has 0 unspecified atom stereocenters. The minimum absolute atomic E-state index is 0. The summed E-state index contributed by atoms with van der Waals surface area (Å²) in [5, 5.41) is 3.07. The molecule has 0 rings (SSSR count). The molecule has 0 aromatic rings. The van der Waals surface area contributed by atoms with E-state index in [4.69, 9.17) is 5.73 Å². The Kier molecular flexibility index (Phi) is 57.1. The Balaban J connectivity index is -0.0000000417. The molecule has 0 aliphatic carbocycles. The van der Waals surface area contributed by atoms with Gasteiger partial charge in [0.2, 0.25) is 0 Å². The summed E-state index contributed by atoms with van der Waals surface area (Å²) in [6.07, 6.45) is 0. The molecule has 3 N–H and O–H groups in total. The standard InChI is InChI=1S/C4H12N2.2ClH.Pt/c1-2-6-4-3-5;;;/h6H,2-5H2,1H3;2*1H;/q;;;+2/p-2. The Bertz CT molecular complexity index is 28.5. The summed E-state index contributed by atoms with van der Waals surface area (Å²) >= 11 is 0. The summed E-state index contributed by atoms with van der Waals surface area (Å²) in [6, 6.07) is 0. The Labute approximate surface area is 83.4 Å². The monoisotopic (exact) mass is 353 g/mol. The van der Waals surface area contributed by atoms with Gasteiger partial charge in [-0.2, -0.15) is 0 Å². The van der Waals surface area contributed by atoms with Gasteiger partial charge in [0, 0.05) is 13.1 Å². The molecule has 0 aliphatic rings. The number of rotatable bonds is 3. The fourth-order valence-electron chi connectivity index (χ4n) is 0.279. The fourth-order valence-corrected chi connectivity index (χ4v) is 0.279. The van der Waals surface area contributed by atoms with E-state index in [0.29, 0.717) is 0 Å². The number of hydrogen-bond donors (Lipinski definition) is 2. The van der Waals surface area contributed by atoms with Crippen LogP contribution in [-0.2, 0) is 21.1 Å². The molecule has 0 saturated heterocycles. The van der Waals surface area contributed by atoms with Crippen LogP contribution < -0.4 is 35.9 Å². The van der Waals surface area contributed by atoms with E-state index in [-0.39, 0.29) is 45.9 Å². The van der Waals surface area contributed by atoms with E-state index in [9.17, 15) is 0 Å². The number of hydrogen-bond acceptors (Lipinski definition) is 2. The van der Waals surface area contributed by atoms with Gasteiger partial charge in [-0.15, -0.1) is 0 Å². The predicted octanol–water partition coefficient (Wildman–Crippen LogP) is -6.44. The third-order valence-electron chi connectivity index (χ3n) is 0.571. The van der Waals surface area contributed by atoms with Crippen LogP contribution in [0, 0.1) is 0 Å². The molecule has 0 radical (unpaired) electrons. The van der Waals surface area contributed by atoms with Crippen LogP contribution in [0.25, 0.3) is 0 Å². The first-order valence-corrected chi connectivity index (χ1v) is 2.32. The van der Waals surface area contributed by atoms with Gasteiger partial charge in [0.25, 0.3) is 0 Å². The van der Waals surface area contributed by atoms with Crippen LogP contribution in [0.15, 0.2) is 0 Å². The molecule has 0 aromatic heterocycles. The van der Waals surface area contributed by atoms with Crippen LogP contribution in [-0.4, -0.2) is 19.6 Å². The van der Waals surface area contributed by atoms with Gasteiger partial charge >= 0.3 is 21.1 Å². The van der Waals surface area contributed by atoms with Crippen molar-refractivity contribution in [2.75, 3.05) is 19.6 Å². The Morgan fingerprint density at radius 3 is 1.89 bits per heavy atom. The second-order valence-electron chi connectivity index (χ2n) is 1.14. The molecule has 2 nitrogen and oxygen atoms in total. The Hall–Kier alpha value is 1.19. The van der Waals surface area contributed by atoms with Crippen LogP contribution >= 0.6 is 0 Å². The summed E-state index contributed by atoms with van der Waals surface area (Å²) < 4.78 is 0. The van der Waals surface area contributed by atoms with Crippen LogP contribution in [0.4, 0.5) is 0 Å². The molecule has 0 aromatic carbocycles. The molecule has 0 spiro atoms. The first-order valence-electron chi connectivity index (χ1n) is 2.32. The second-order valence-corrected chi connectivity index (χ2v) is 1.14. The van der Waals surface area contributed by atoms with Gasteiger partial charge in [-0.1, -0.05) is 6.92 Å². The number of halogens is 2. The van der Waals surface area contributed by atoms with E-state index in [1.807, 2.05) is 0 Å². The first-order chi connectivity index (χ1) is 2.91. The van der Waals surface area contributed by atoms with Gasteiger partial charge in [0.1, 0.15) is 0 Å². The maximum atomic E-state index is 5.15. The van der Waals surface area contributed by atoms with Crippen LogP contribution in [0.3, 0.4) is 0 Å². The minimum Gasteiger partial charge on any atom is -1.00 e. The zero-order chi connectivity index (χ0) is 4.83. The number of nitrogens with one attached hydrogen (secondary N) is 1. The maximum absolute atomic E-state index is 5.15. The van der Waals surface area contributed by atoms with Crippen molar-refractivity contribution in [2.24, 2.45) is 5.73 Å². The average molecular weight is 354 g/mol. The van der Waals surface area contributed by atoms with Gasteiger partial charge < -0.3 is 35.9 Å². The van der Waals surface area contributed by atoms with E-state index in [1.165, 1.54) is 0 Å². The van der Waals surface area contributed by atoms with Crippen molar-refractivity contribution in [3.8, 4) is 0 Å². The molecular weight excluding hydrogens is 342 g/mol. The van der Waals surface area contributed by atoms with E-state index >= 15 is 0 Å². The number of nitrogens with two attached hydrogens (primary N) is 1. The Morgan fingerprint density at radius 2 is 1.78 bits per heavy atom. The smallest absolute Gasteiger partial charge is 1.00 e. The second kappa shape index (κ2) is 22.9. The van der Waals surface area contributed by atoms with Crippen molar-refractivity contribution in [1.82, 2.24) is 5.32 Å². The van der Waals surface area contributed by atoms with Crippen molar-refractivity contribution in [1.29, 1.82) is 0 Å². The summed E-state index contributed by atoms with van der Waals surface area (Å²) in [5.41, 5.74) is 5.15. The molecule has 0 heterocycles. The summed E-state index contributed by atoms with van der Waals surface area (Å²) in [6.45, 7) is 4.77. The molecule has 9 heavy (non-hydrogen) atoms. The van der Waals surface area contributed by atoms with Gasteiger partial charge in [0.15, 0.2) is 0 Å². The van der Waals surface area contributed by atoms with Crippen LogP contribution in [0.1, 0.15) is 6.92 Å². The fraction of sp³-hybridized carbons (Fsp3) is 1.00. The number of likely N-dealkylation sites (N-methyl/N-ethyl adjacent to an activating group) is 1. The summed E-state index contributed by atoms with van der Waals surface area (Å²) in [4.78, 5) is 0. The Morgan fingerprint density at radius 1 is 1.33 bits per heavy atom. The quantitative estimate of drug-likeness (QED) is 0.495. The average Bonchev–Trinajstić information content (AvgIpc) is 1.61. The van der Waals surface area contributed by atoms with E-state index in [0.717, 1.165) is 19.6 Å². The SMILES string of the molecule is CCNCCN.[Cl-].[Cl-].[Pt+2]. The van der Waals surface area contributed by atoms with Crippen molar-refractivity contribution in [2.45, 2.75) is 6.92 Å². The maximum Gasteiger partial charge on any atom is 2.00 e. The largest absolute Gasteiger partial charge is 2.00 e. The van der Waals surface area contributed by atoms with E-state index in [2.05, 4.69) is 12.2 Å². The third-order valence-corrected chi connectivity index (χ3v) is 0.571. The van der Waals surface area contributed by atoms with Crippen molar-refractivity contribution >= 4 is 0 Å². The molecule has 0 saturated carbocycles. The molecule has 0 amide bonds.